The van der Waals surface area contributed by atoms with E-state index < -0.39 is 5.60 Å². The van der Waals surface area contributed by atoms with Crippen LogP contribution in [0.5, 0.6) is 5.88 Å². The van der Waals surface area contributed by atoms with Gasteiger partial charge >= 0.3 is 0 Å². The Balaban J connectivity index is 1.45. The van der Waals surface area contributed by atoms with Crippen molar-refractivity contribution in [3.63, 3.8) is 0 Å². The number of hydrogen-bond donors (Lipinski definition) is 2. The summed E-state index contributed by atoms with van der Waals surface area (Å²) in [4.78, 5) is 25.9. The van der Waals surface area contributed by atoms with Crippen LogP contribution in [0.3, 0.4) is 0 Å². The van der Waals surface area contributed by atoms with Crippen molar-refractivity contribution in [1.82, 2.24) is 30.0 Å². The Morgan fingerprint density at radius 2 is 2.13 bits per heavy atom. The van der Waals surface area contributed by atoms with Crippen LogP contribution < -0.4 is 10.1 Å². The van der Waals surface area contributed by atoms with E-state index in [0.717, 1.165) is 22.3 Å². The summed E-state index contributed by atoms with van der Waals surface area (Å²) < 4.78 is 12.8. The average Bonchev–Trinajstić information content (AvgIpc) is 3.36. The van der Waals surface area contributed by atoms with Crippen LogP contribution in [0, 0.1) is 13.8 Å². The van der Waals surface area contributed by atoms with E-state index in [9.17, 15) is 9.90 Å². The van der Waals surface area contributed by atoms with E-state index in [4.69, 9.17) is 9.47 Å². The molecule has 3 aromatic heterocycles. The van der Waals surface area contributed by atoms with Crippen molar-refractivity contribution in [3.8, 4) is 5.88 Å². The topological polar surface area (TPSA) is 124 Å². The van der Waals surface area contributed by atoms with Crippen LogP contribution in [0.15, 0.2) is 18.6 Å². The van der Waals surface area contributed by atoms with Crippen LogP contribution in [0.2, 0.25) is 0 Å². The first-order valence-corrected chi connectivity index (χ1v) is 10.3. The lowest BCUT2D eigenvalue weighted by atomic mass is 10.2. The monoisotopic (exact) mass is 424 g/mol. The number of hydrogen-bond acceptors (Lipinski definition) is 8. The zero-order chi connectivity index (χ0) is 21.6. The van der Waals surface area contributed by atoms with Gasteiger partial charge in [-0.1, -0.05) is 0 Å². The first-order chi connectivity index (χ1) is 14.9. The van der Waals surface area contributed by atoms with Gasteiger partial charge in [0.1, 0.15) is 17.9 Å². The maximum atomic E-state index is 12.8. The number of rotatable bonds is 7. The summed E-state index contributed by atoms with van der Waals surface area (Å²) in [5, 5.41) is 17.3. The zero-order valence-electron chi connectivity index (χ0n) is 17.5. The summed E-state index contributed by atoms with van der Waals surface area (Å²) in [6, 6.07) is 1.94. The summed E-state index contributed by atoms with van der Waals surface area (Å²) in [6.07, 6.45) is 4.59. The van der Waals surface area contributed by atoms with Crippen molar-refractivity contribution in [3.05, 3.63) is 41.1 Å². The van der Waals surface area contributed by atoms with E-state index in [1.165, 1.54) is 6.33 Å². The molecular weight excluding hydrogens is 400 g/mol. The van der Waals surface area contributed by atoms with Gasteiger partial charge in [0, 0.05) is 18.3 Å². The summed E-state index contributed by atoms with van der Waals surface area (Å²) in [6.45, 7) is 5.51. The minimum Gasteiger partial charge on any atom is -0.469 e. The largest absolute Gasteiger partial charge is 0.469 e. The number of aryl methyl sites for hydroxylation is 1. The Hall–Kier alpha value is -3.11. The number of amides is 1. The molecule has 1 saturated carbocycles. The molecule has 1 aliphatic carbocycles. The van der Waals surface area contributed by atoms with Crippen molar-refractivity contribution in [2.75, 3.05) is 19.8 Å². The van der Waals surface area contributed by atoms with E-state index in [1.54, 1.807) is 10.9 Å². The molecule has 10 heteroatoms. The van der Waals surface area contributed by atoms with Crippen molar-refractivity contribution in [2.45, 2.75) is 44.9 Å². The lowest BCUT2D eigenvalue weighted by Crippen LogP contribution is -2.39. The Kier molecular flexibility index (Phi) is 4.82. The zero-order valence-corrected chi connectivity index (χ0v) is 17.5. The molecule has 2 N–H and O–H groups in total. The minimum atomic E-state index is -0.780. The molecule has 1 aliphatic heterocycles. The third-order valence-electron chi connectivity index (χ3n) is 5.68. The predicted molar refractivity (Wildman–Crippen MR) is 110 cm³/mol. The SMILES string of the molecule is Cc1cnc2c(C(=O)NCC3(O)CC3)nn(Cc3ncnc(OC4COC4)c3C)c2c1. The maximum Gasteiger partial charge on any atom is 0.274 e. The number of fused-ring (bicyclic) bond motifs is 1. The third-order valence-corrected chi connectivity index (χ3v) is 5.68. The summed E-state index contributed by atoms with van der Waals surface area (Å²) in [7, 11) is 0. The van der Waals surface area contributed by atoms with Crippen LogP contribution in [0.1, 0.15) is 40.2 Å². The van der Waals surface area contributed by atoms with Crippen molar-refractivity contribution < 1.29 is 19.4 Å². The Labute approximate surface area is 178 Å². The first-order valence-electron chi connectivity index (χ1n) is 10.3. The van der Waals surface area contributed by atoms with Crippen molar-refractivity contribution >= 4 is 16.9 Å². The van der Waals surface area contributed by atoms with Gasteiger partial charge in [0.05, 0.1) is 36.6 Å². The average molecular weight is 424 g/mol. The number of aromatic nitrogens is 5. The second-order valence-corrected chi connectivity index (χ2v) is 8.32. The maximum absolute atomic E-state index is 12.8. The molecule has 2 aliphatic rings. The van der Waals surface area contributed by atoms with Crippen LogP contribution >= 0.6 is 0 Å². The normalized spacial score (nSPS) is 17.4. The van der Waals surface area contributed by atoms with Gasteiger partial charge in [-0.05, 0) is 38.3 Å². The summed E-state index contributed by atoms with van der Waals surface area (Å²) >= 11 is 0. The number of nitrogens with zero attached hydrogens (tertiary/aromatic N) is 5. The molecule has 31 heavy (non-hydrogen) atoms. The number of aliphatic hydroxyl groups is 1. The molecule has 5 rings (SSSR count). The Bertz CT molecular complexity index is 1150. The molecule has 0 unspecified atom stereocenters. The molecule has 2 fully saturated rings. The van der Waals surface area contributed by atoms with E-state index in [-0.39, 0.29) is 24.2 Å². The van der Waals surface area contributed by atoms with E-state index in [0.29, 0.717) is 44.0 Å². The van der Waals surface area contributed by atoms with Crippen LogP contribution in [0.4, 0.5) is 0 Å². The number of carbonyl (C=O) groups is 1. The molecule has 4 heterocycles. The second-order valence-electron chi connectivity index (χ2n) is 8.32. The highest BCUT2D eigenvalue weighted by atomic mass is 16.6. The molecule has 1 saturated heterocycles. The van der Waals surface area contributed by atoms with E-state index in [1.807, 2.05) is 19.9 Å². The Morgan fingerprint density at radius 1 is 1.32 bits per heavy atom. The molecule has 0 aromatic carbocycles. The van der Waals surface area contributed by atoms with Crippen LogP contribution in [-0.4, -0.2) is 67.2 Å². The molecule has 0 radical (unpaired) electrons. The summed E-state index contributed by atoms with van der Waals surface area (Å²) in [5.74, 6) is 0.175. The van der Waals surface area contributed by atoms with Gasteiger partial charge in [0.25, 0.3) is 5.91 Å². The summed E-state index contributed by atoms with van der Waals surface area (Å²) in [5.41, 5.74) is 3.23. The second kappa shape index (κ2) is 7.54. The molecule has 162 valence electrons. The van der Waals surface area contributed by atoms with Gasteiger partial charge < -0.3 is 19.9 Å². The highest BCUT2D eigenvalue weighted by molar-refractivity contribution is 6.03. The smallest absolute Gasteiger partial charge is 0.274 e. The minimum absolute atomic E-state index is 0.00965. The predicted octanol–water partition coefficient (Wildman–Crippen LogP) is 0.919. The number of carbonyl (C=O) groups excluding carboxylic acids is 1. The fourth-order valence-corrected chi connectivity index (χ4v) is 3.41. The van der Waals surface area contributed by atoms with Gasteiger partial charge in [-0.15, -0.1) is 0 Å². The number of nitrogens with one attached hydrogen (secondary N) is 1. The number of pyridine rings is 1. The third kappa shape index (κ3) is 3.96. The van der Waals surface area contributed by atoms with Crippen molar-refractivity contribution in [2.24, 2.45) is 0 Å². The number of ether oxygens (including phenoxy) is 2. The van der Waals surface area contributed by atoms with Gasteiger partial charge in [0.2, 0.25) is 5.88 Å². The molecule has 0 spiro atoms. The van der Waals surface area contributed by atoms with Crippen molar-refractivity contribution in [1.29, 1.82) is 0 Å². The van der Waals surface area contributed by atoms with Gasteiger partial charge in [-0.25, -0.2) is 9.97 Å². The van der Waals surface area contributed by atoms with Crippen LogP contribution in [0.25, 0.3) is 11.0 Å². The lowest BCUT2D eigenvalue weighted by Gasteiger charge is -2.26. The lowest BCUT2D eigenvalue weighted by molar-refractivity contribution is -0.0816. The van der Waals surface area contributed by atoms with Gasteiger partial charge in [-0.3, -0.25) is 14.5 Å². The standard InChI is InChI=1S/C21H24N6O4/c1-12-5-16-17(22-6-12)18(19(28)23-10-21(29)3-4-21)26-27(16)7-15-13(2)20(25-11-24-15)31-14-8-30-9-14/h5-6,11,14,29H,3-4,7-10H2,1-2H3,(H,23,28). The first kappa shape index (κ1) is 19.8. The molecule has 1 amide bonds. The van der Waals surface area contributed by atoms with Crippen LogP contribution in [-0.2, 0) is 11.3 Å². The molecule has 10 nitrogen and oxygen atoms in total. The van der Waals surface area contributed by atoms with Gasteiger partial charge in [0.15, 0.2) is 5.69 Å². The molecular formula is C21H24N6O4. The fourth-order valence-electron chi connectivity index (χ4n) is 3.41. The molecule has 3 aromatic rings. The van der Waals surface area contributed by atoms with E-state index >= 15 is 0 Å². The highest BCUT2D eigenvalue weighted by Crippen LogP contribution is 2.34. The quantitative estimate of drug-likeness (QED) is 0.574. The molecule has 0 bridgehead atoms. The van der Waals surface area contributed by atoms with Gasteiger partial charge in [-0.2, -0.15) is 5.10 Å². The molecule has 0 atom stereocenters. The highest BCUT2D eigenvalue weighted by Gasteiger charge is 2.40. The fraction of sp³-hybridized carbons (Fsp3) is 0.476. The Morgan fingerprint density at radius 3 is 2.84 bits per heavy atom. The van der Waals surface area contributed by atoms with E-state index in [2.05, 4.69) is 25.4 Å².